The molecule has 11 nitrogen and oxygen atoms in total. The molecule has 0 aliphatic rings. The van der Waals surface area contributed by atoms with Crippen LogP contribution >= 0.6 is 0 Å². The third-order valence-electron chi connectivity index (χ3n) is 10.2. The zero-order valence-corrected chi connectivity index (χ0v) is 34.6. The van der Waals surface area contributed by atoms with Crippen molar-refractivity contribution >= 4 is 41.2 Å². The summed E-state index contributed by atoms with van der Waals surface area (Å²) in [5.41, 5.74) is 2.01. The van der Waals surface area contributed by atoms with Crippen molar-refractivity contribution in [3.05, 3.63) is 36.0 Å². The Balaban J connectivity index is 1.75. The van der Waals surface area contributed by atoms with E-state index in [4.69, 9.17) is 14.2 Å². The number of aromatic nitrogens is 1. The van der Waals surface area contributed by atoms with Gasteiger partial charge in [-0.2, -0.15) is 0 Å². The van der Waals surface area contributed by atoms with Crippen LogP contribution in [-0.2, 0) is 49.3 Å². The number of benzene rings is 1. The summed E-state index contributed by atoms with van der Waals surface area (Å²) in [6.07, 6.45) is 22.5. The molecule has 11 heteroatoms. The molecule has 0 radical (unpaired) electrons. The SMILES string of the molecule is CCCCCCCCC(CCCCCC)C(=O)OCCCCCCOC(=O)C(CCC(=O)OCCCCCCOC=O)NC(=O)CCc1c[nH]c2ccccc12. The molecule has 1 aromatic carbocycles. The lowest BCUT2D eigenvalue weighted by molar-refractivity contribution is -0.150. The summed E-state index contributed by atoms with van der Waals surface area (Å²) in [6, 6.07) is 6.91. The number of aryl methyl sites for hydroxylation is 1. The molecule has 0 bridgehead atoms. The Bertz CT molecular complexity index is 1360. The summed E-state index contributed by atoms with van der Waals surface area (Å²) in [5, 5.41) is 3.85. The first kappa shape index (κ1) is 48.3. The van der Waals surface area contributed by atoms with Crippen LogP contribution in [0.3, 0.4) is 0 Å². The minimum Gasteiger partial charge on any atom is -0.468 e. The standard InChI is InChI=1S/C45H72N2O9/c1-3-5-7-9-10-16-24-37(23-15-8-6-4-2)44(51)55-33-21-13-14-22-34-56-45(52)41(28-30-43(50)54-32-20-12-11-19-31-53-36-48)47-42(49)29-27-38-35-46-40-26-18-17-25-39(38)40/h17-18,25-26,35-37,41,46H,3-16,19-24,27-34H2,1-2H3,(H,47,49). The lowest BCUT2D eigenvalue weighted by Gasteiger charge is -2.18. The molecular weight excluding hydrogens is 712 g/mol. The van der Waals surface area contributed by atoms with Crippen molar-refractivity contribution in [2.75, 3.05) is 26.4 Å². The summed E-state index contributed by atoms with van der Waals surface area (Å²) < 4.78 is 21.3. The summed E-state index contributed by atoms with van der Waals surface area (Å²) >= 11 is 0. The average molecular weight is 785 g/mol. The predicted octanol–water partition coefficient (Wildman–Crippen LogP) is 9.63. The molecule has 2 rings (SSSR count). The van der Waals surface area contributed by atoms with Gasteiger partial charge in [-0.3, -0.25) is 19.2 Å². The molecule has 0 aliphatic heterocycles. The number of aromatic amines is 1. The molecule has 0 aliphatic carbocycles. The van der Waals surface area contributed by atoms with Gasteiger partial charge >= 0.3 is 17.9 Å². The molecule has 0 saturated carbocycles. The van der Waals surface area contributed by atoms with E-state index in [9.17, 15) is 24.0 Å². The predicted molar refractivity (Wildman–Crippen MR) is 220 cm³/mol. The Labute approximate surface area is 336 Å². The van der Waals surface area contributed by atoms with E-state index in [0.29, 0.717) is 38.9 Å². The van der Waals surface area contributed by atoms with Crippen LogP contribution in [-0.4, -0.2) is 67.7 Å². The maximum Gasteiger partial charge on any atom is 0.328 e. The molecule has 0 spiro atoms. The number of carbonyl (C=O) groups is 5. The number of hydrogen-bond acceptors (Lipinski definition) is 9. The molecule has 0 fully saturated rings. The van der Waals surface area contributed by atoms with Gasteiger partial charge in [-0.15, -0.1) is 0 Å². The van der Waals surface area contributed by atoms with Crippen molar-refractivity contribution in [2.45, 2.75) is 174 Å². The number of hydrogen-bond donors (Lipinski definition) is 2. The number of H-pyrrole nitrogens is 1. The fourth-order valence-electron chi connectivity index (χ4n) is 6.80. The maximum atomic E-state index is 13.1. The molecule has 1 amide bonds. The number of amides is 1. The monoisotopic (exact) mass is 785 g/mol. The van der Waals surface area contributed by atoms with Crippen LogP contribution in [0.1, 0.15) is 167 Å². The Morgan fingerprint density at radius 1 is 0.643 bits per heavy atom. The number of ether oxygens (including phenoxy) is 4. The van der Waals surface area contributed by atoms with E-state index in [1.807, 2.05) is 30.5 Å². The van der Waals surface area contributed by atoms with E-state index in [-0.39, 0.29) is 50.3 Å². The van der Waals surface area contributed by atoms with Gasteiger partial charge in [-0.1, -0.05) is 96.3 Å². The van der Waals surface area contributed by atoms with E-state index in [0.717, 1.165) is 87.1 Å². The van der Waals surface area contributed by atoms with Crippen LogP contribution in [0.2, 0.25) is 0 Å². The molecular formula is C45H72N2O9. The third-order valence-corrected chi connectivity index (χ3v) is 10.2. The van der Waals surface area contributed by atoms with Crippen LogP contribution in [0.15, 0.2) is 30.5 Å². The van der Waals surface area contributed by atoms with Gasteiger partial charge in [0.1, 0.15) is 6.04 Å². The van der Waals surface area contributed by atoms with E-state index in [1.165, 1.54) is 44.9 Å². The average Bonchev–Trinajstić information content (AvgIpc) is 3.62. The summed E-state index contributed by atoms with van der Waals surface area (Å²) in [7, 11) is 0. The number of fused-ring (bicyclic) bond motifs is 1. The molecule has 0 saturated heterocycles. The molecule has 2 unspecified atom stereocenters. The number of rotatable bonds is 36. The van der Waals surface area contributed by atoms with Gasteiger partial charge in [-0.25, -0.2) is 4.79 Å². The van der Waals surface area contributed by atoms with E-state index in [1.54, 1.807) is 0 Å². The molecule has 1 aromatic heterocycles. The molecule has 316 valence electrons. The van der Waals surface area contributed by atoms with Gasteiger partial charge in [0, 0.05) is 29.9 Å². The second-order valence-electron chi connectivity index (χ2n) is 15.0. The topological polar surface area (TPSA) is 150 Å². The number of unbranched alkanes of at least 4 members (excludes halogenated alkanes) is 14. The highest BCUT2D eigenvalue weighted by molar-refractivity contribution is 5.86. The summed E-state index contributed by atoms with van der Waals surface area (Å²) in [4.78, 5) is 65.0. The van der Waals surface area contributed by atoms with Crippen LogP contribution in [0.5, 0.6) is 0 Å². The van der Waals surface area contributed by atoms with Crippen molar-refractivity contribution in [3.8, 4) is 0 Å². The Morgan fingerprint density at radius 3 is 1.86 bits per heavy atom. The molecule has 2 N–H and O–H groups in total. The molecule has 56 heavy (non-hydrogen) atoms. The van der Waals surface area contributed by atoms with Crippen molar-refractivity contribution < 1.29 is 42.9 Å². The van der Waals surface area contributed by atoms with E-state index >= 15 is 0 Å². The highest BCUT2D eigenvalue weighted by Crippen LogP contribution is 2.21. The normalized spacial score (nSPS) is 12.2. The van der Waals surface area contributed by atoms with Crippen LogP contribution in [0.4, 0.5) is 0 Å². The first-order chi connectivity index (χ1) is 27.4. The Morgan fingerprint density at radius 2 is 1.20 bits per heavy atom. The lowest BCUT2D eigenvalue weighted by Crippen LogP contribution is -2.42. The highest BCUT2D eigenvalue weighted by atomic mass is 16.5. The Hall–Kier alpha value is -3.89. The summed E-state index contributed by atoms with van der Waals surface area (Å²) in [6.45, 7) is 6.09. The zero-order valence-electron chi connectivity index (χ0n) is 34.6. The fraction of sp³-hybridized carbons (Fsp3) is 0.711. The maximum absolute atomic E-state index is 13.1. The smallest absolute Gasteiger partial charge is 0.328 e. The molecule has 2 aromatic rings. The quantitative estimate of drug-likeness (QED) is 0.0298. The van der Waals surface area contributed by atoms with E-state index < -0.39 is 18.0 Å². The van der Waals surface area contributed by atoms with Gasteiger partial charge in [0.05, 0.1) is 32.3 Å². The van der Waals surface area contributed by atoms with Crippen molar-refractivity contribution in [2.24, 2.45) is 5.92 Å². The number of nitrogens with one attached hydrogen (secondary N) is 2. The Kier molecular flexibility index (Phi) is 27.8. The van der Waals surface area contributed by atoms with Gasteiger partial charge in [0.25, 0.3) is 6.47 Å². The van der Waals surface area contributed by atoms with Crippen molar-refractivity contribution in [1.82, 2.24) is 10.3 Å². The lowest BCUT2D eigenvalue weighted by atomic mass is 9.94. The first-order valence-corrected chi connectivity index (χ1v) is 21.8. The van der Waals surface area contributed by atoms with Gasteiger partial charge < -0.3 is 29.2 Å². The van der Waals surface area contributed by atoms with E-state index in [2.05, 4.69) is 28.9 Å². The highest BCUT2D eigenvalue weighted by Gasteiger charge is 2.24. The number of para-hydroxylation sites is 1. The fourth-order valence-corrected chi connectivity index (χ4v) is 6.80. The number of carbonyl (C=O) groups excluding carboxylic acids is 5. The van der Waals surface area contributed by atoms with Crippen molar-refractivity contribution in [1.29, 1.82) is 0 Å². The largest absolute Gasteiger partial charge is 0.468 e. The van der Waals surface area contributed by atoms with Crippen LogP contribution < -0.4 is 5.32 Å². The summed E-state index contributed by atoms with van der Waals surface area (Å²) in [5.74, 6) is -1.37. The minimum absolute atomic E-state index is 0.00675. The molecule has 1 heterocycles. The minimum atomic E-state index is -0.971. The van der Waals surface area contributed by atoms with Crippen LogP contribution in [0.25, 0.3) is 10.9 Å². The zero-order chi connectivity index (χ0) is 40.5. The number of esters is 3. The van der Waals surface area contributed by atoms with Crippen molar-refractivity contribution in [3.63, 3.8) is 0 Å². The second kappa shape index (κ2) is 32.2. The third kappa shape index (κ3) is 22.6. The van der Waals surface area contributed by atoms with Gasteiger partial charge in [0.15, 0.2) is 0 Å². The first-order valence-electron chi connectivity index (χ1n) is 21.8. The molecule has 2 atom stereocenters. The van der Waals surface area contributed by atoms with Gasteiger partial charge in [0.2, 0.25) is 5.91 Å². The van der Waals surface area contributed by atoms with Crippen LogP contribution in [0, 0.1) is 5.92 Å². The second-order valence-corrected chi connectivity index (χ2v) is 15.0. The van der Waals surface area contributed by atoms with Gasteiger partial charge in [-0.05, 0) is 88.7 Å².